The van der Waals surface area contributed by atoms with Crippen LogP contribution >= 0.6 is 23.5 Å². The standard InChI is InChI=1S/C23H19NO7S2/c1-2-29-22(28)23(12-24)13(15-5-3-7-30-15)11-14(25)17(21-32-9-10-33-21)20(27)18(23)19(26)16-6-4-8-31-16/h3-8,13,18H,2,9-11H2,1H3/t13-,18+,23-/m1/s1. The molecule has 1 saturated carbocycles. The highest BCUT2D eigenvalue weighted by Crippen LogP contribution is 2.52. The van der Waals surface area contributed by atoms with Gasteiger partial charge in [0, 0.05) is 17.9 Å². The van der Waals surface area contributed by atoms with Gasteiger partial charge in [0.15, 0.2) is 22.7 Å². The predicted octanol–water partition coefficient (Wildman–Crippen LogP) is 3.76. The Bertz CT molecular complexity index is 1150. The largest absolute Gasteiger partial charge is 0.469 e. The summed E-state index contributed by atoms with van der Waals surface area (Å²) in [4.78, 5) is 54.4. The highest BCUT2D eigenvalue weighted by Gasteiger charge is 2.64. The summed E-state index contributed by atoms with van der Waals surface area (Å²) in [5.74, 6) is -5.06. The van der Waals surface area contributed by atoms with E-state index in [1.165, 1.54) is 54.2 Å². The summed E-state index contributed by atoms with van der Waals surface area (Å²) in [6, 6.07) is 7.80. The van der Waals surface area contributed by atoms with Crippen LogP contribution in [0.25, 0.3) is 0 Å². The molecule has 33 heavy (non-hydrogen) atoms. The number of esters is 1. The molecule has 3 heterocycles. The molecule has 0 spiro atoms. The monoisotopic (exact) mass is 485 g/mol. The number of allylic oxidation sites excluding steroid dienone is 1. The van der Waals surface area contributed by atoms with Crippen molar-refractivity contribution in [1.82, 2.24) is 0 Å². The van der Waals surface area contributed by atoms with Crippen LogP contribution in [0.5, 0.6) is 0 Å². The van der Waals surface area contributed by atoms with Gasteiger partial charge in [-0.15, -0.1) is 23.5 Å². The fourth-order valence-electron chi connectivity index (χ4n) is 4.21. The summed E-state index contributed by atoms with van der Waals surface area (Å²) in [5.41, 5.74) is -2.48. The number of ether oxygens (including phenoxy) is 1. The van der Waals surface area contributed by atoms with Gasteiger partial charge in [0.25, 0.3) is 0 Å². The zero-order valence-electron chi connectivity index (χ0n) is 17.6. The van der Waals surface area contributed by atoms with Crippen LogP contribution in [-0.2, 0) is 19.1 Å². The number of furan rings is 2. The second kappa shape index (κ2) is 9.45. The SMILES string of the molecule is CCOC(=O)[C@@]1(C#N)[C@@H](C(=O)c2ccco2)C(=O)C(=C2SCCS2)C(=O)C[C@@H]1c1ccco1. The third-order valence-corrected chi connectivity index (χ3v) is 8.36. The Hall–Kier alpha value is -3.03. The first-order valence-electron chi connectivity index (χ1n) is 10.2. The topological polar surface area (TPSA) is 128 Å². The molecule has 0 amide bonds. The molecule has 0 unspecified atom stereocenters. The Kier molecular flexibility index (Phi) is 6.63. The fourth-order valence-corrected chi connectivity index (χ4v) is 6.80. The highest BCUT2D eigenvalue weighted by atomic mass is 32.2. The van der Waals surface area contributed by atoms with Crippen molar-refractivity contribution in [3.63, 3.8) is 0 Å². The van der Waals surface area contributed by atoms with Gasteiger partial charge in [0.2, 0.25) is 5.78 Å². The smallest absolute Gasteiger partial charge is 0.328 e. The highest BCUT2D eigenvalue weighted by molar-refractivity contribution is 8.25. The minimum atomic E-state index is -2.33. The van der Waals surface area contributed by atoms with Gasteiger partial charge in [-0.1, -0.05) is 0 Å². The van der Waals surface area contributed by atoms with E-state index in [0.29, 0.717) is 15.7 Å². The summed E-state index contributed by atoms with van der Waals surface area (Å²) < 4.78 is 16.4. The van der Waals surface area contributed by atoms with Crippen molar-refractivity contribution < 1.29 is 32.7 Å². The molecule has 1 aliphatic heterocycles. The zero-order valence-corrected chi connectivity index (χ0v) is 19.2. The molecule has 1 saturated heterocycles. The van der Waals surface area contributed by atoms with E-state index in [0.717, 1.165) is 0 Å². The number of rotatable bonds is 5. The summed E-state index contributed by atoms with van der Waals surface area (Å²) >= 11 is 2.69. The van der Waals surface area contributed by atoms with E-state index in [9.17, 15) is 24.4 Å². The molecule has 0 aromatic carbocycles. The maximum Gasteiger partial charge on any atom is 0.328 e. The van der Waals surface area contributed by atoms with Gasteiger partial charge < -0.3 is 13.6 Å². The Labute approximate surface area is 197 Å². The Balaban J connectivity index is 2.02. The summed E-state index contributed by atoms with van der Waals surface area (Å²) in [6.07, 6.45) is 2.22. The van der Waals surface area contributed by atoms with Crippen molar-refractivity contribution in [3.8, 4) is 6.07 Å². The molecule has 0 radical (unpaired) electrons. The molecule has 170 valence electrons. The molecule has 8 nitrogen and oxygen atoms in total. The van der Waals surface area contributed by atoms with Crippen LogP contribution in [0.3, 0.4) is 0 Å². The van der Waals surface area contributed by atoms with E-state index in [-0.39, 0.29) is 30.1 Å². The lowest BCUT2D eigenvalue weighted by atomic mass is 9.63. The lowest BCUT2D eigenvalue weighted by molar-refractivity contribution is -0.157. The summed E-state index contributed by atoms with van der Waals surface area (Å²) in [7, 11) is 0. The number of Topliss-reactive ketones (excluding diaryl/α,β-unsaturated/α-hetero) is 3. The van der Waals surface area contributed by atoms with Crippen LogP contribution in [0, 0.1) is 22.7 Å². The number of hydrogen-bond donors (Lipinski definition) is 0. The normalized spacial score (nSPS) is 25.6. The minimum Gasteiger partial charge on any atom is -0.469 e. The van der Waals surface area contributed by atoms with E-state index < -0.39 is 40.6 Å². The van der Waals surface area contributed by atoms with E-state index in [4.69, 9.17) is 13.6 Å². The zero-order chi connectivity index (χ0) is 23.6. The van der Waals surface area contributed by atoms with E-state index in [1.54, 1.807) is 13.0 Å². The van der Waals surface area contributed by atoms with Crippen LogP contribution in [0.1, 0.15) is 35.6 Å². The van der Waals surface area contributed by atoms with Crippen LogP contribution in [0.2, 0.25) is 0 Å². The van der Waals surface area contributed by atoms with Crippen molar-refractivity contribution in [2.45, 2.75) is 19.3 Å². The number of carbonyl (C=O) groups is 4. The molecule has 1 aliphatic carbocycles. The number of ketones is 3. The Morgan fingerprint density at radius 3 is 2.45 bits per heavy atom. The van der Waals surface area contributed by atoms with Crippen LogP contribution in [-0.4, -0.2) is 41.4 Å². The third kappa shape index (κ3) is 3.85. The molecular formula is C23H19NO7S2. The quantitative estimate of drug-likeness (QED) is 0.154. The molecule has 2 aliphatic rings. The molecule has 2 aromatic rings. The van der Waals surface area contributed by atoms with Crippen molar-refractivity contribution in [3.05, 3.63) is 58.1 Å². The van der Waals surface area contributed by atoms with E-state index in [1.807, 2.05) is 6.07 Å². The average molecular weight is 486 g/mol. The van der Waals surface area contributed by atoms with Gasteiger partial charge in [-0.3, -0.25) is 19.2 Å². The predicted molar refractivity (Wildman–Crippen MR) is 119 cm³/mol. The van der Waals surface area contributed by atoms with E-state index in [2.05, 4.69) is 0 Å². The second-order valence-corrected chi connectivity index (χ2v) is 9.86. The molecule has 0 N–H and O–H groups in total. The average Bonchev–Trinajstić information content (AvgIpc) is 3.58. The Morgan fingerprint density at radius 1 is 1.18 bits per heavy atom. The van der Waals surface area contributed by atoms with E-state index >= 15 is 0 Å². The molecule has 4 rings (SSSR count). The lowest BCUT2D eigenvalue weighted by Gasteiger charge is -2.33. The van der Waals surface area contributed by atoms with Crippen molar-refractivity contribution in [2.75, 3.05) is 18.1 Å². The number of carbonyl (C=O) groups excluding carboxylic acids is 4. The van der Waals surface area contributed by atoms with Crippen LogP contribution in [0.4, 0.5) is 0 Å². The molecule has 3 atom stereocenters. The first kappa shape index (κ1) is 23.1. The number of nitriles is 1. The molecule has 10 heteroatoms. The summed E-state index contributed by atoms with van der Waals surface area (Å²) in [6.45, 7) is 1.47. The number of nitrogens with zero attached hydrogens (tertiary/aromatic N) is 1. The van der Waals surface area contributed by atoms with Crippen LogP contribution in [0.15, 0.2) is 55.4 Å². The van der Waals surface area contributed by atoms with Crippen molar-refractivity contribution >= 4 is 46.8 Å². The fraction of sp³-hybridized carbons (Fsp3) is 0.348. The second-order valence-electron chi connectivity index (χ2n) is 7.39. The first-order chi connectivity index (χ1) is 16.0. The van der Waals surface area contributed by atoms with Gasteiger partial charge in [-0.25, -0.2) is 0 Å². The Morgan fingerprint density at radius 2 is 1.88 bits per heavy atom. The van der Waals surface area contributed by atoms with Gasteiger partial charge in [-0.2, -0.15) is 5.26 Å². The number of hydrogen-bond acceptors (Lipinski definition) is 10. The maximum absolute atomic E-state index is 13.9. The number of thioether (sulfide) groups is 2. The molecular weight excluding hydrogens is 466 g/mol. The third-order valence-electron chi connectivity index (χ3n) is 5.65. The lowest BCUT2D eigenvalue weighted by Crippen LogP contribution is -2.49. The maximum atomic E-state index is 13.9. The van der Waals surface area contributed by atoms with Gasteiger partial charge in [0.1, 0.15) is 11.7 Å². The van der Waals surface area contributed by atoms with Gasteiger partial charge >= 0.3 is 5.97 Å². The van der Waals surface area contributed by atoms with Gasteiger partial charge in [0.05, 0.1) is 40.9 Å². The molecule has 0 bridgehead atoms. The van der Waals surface area contributed by atoms with Crippen molar-refractivity contribution in [1.29, 1.82) is 5.26 Å². The van der Waals surface area contributed by atoms with Crippen LogP contribution < -0.4 is 0 Å². The molecule has 2 aromatic heterocycles. The summed E-state index contributed by atoms with van der Waals surface area (Å²) in [5, 5.41) is 10.4. The molecule has 2 fully saturated rings. The minimum absolute atomic E-state index is 0.0867. The first-order valence-corrected chi connectivity index (χ1v) is 12.2. The van der Waals surface area contributed by atoms with Gasteiger partial charge in [-0.05, 0) is 31.2 Å². The van der Waals surface area contributed by atoms with Crippen molar-refractivity contribution in [2.24, 2.45) is 11.3 Å².